The standard InChI is InChI=1S/C11H15N3O2S/c1-6(2)8(12)10-13-11(16-14-10)9-7(15-3)4-5-17-9/h4-6,8H,12H2,1-3H3. The summed E-state index contributed by atoms with van der Waals surface area (Å²) in [7, 11) is 1.61. The Bertz CT molecular complexity index is 492. The van der Waals surface area contributed by atoms with Crippen LogP contribution in [-0.4, -0.2) is 17.3 Å². The van der Waals surface area contributed by atoms with Gasteiger partial charge in [-0.05, 0) is 17.4 Å². The van der Waals surface area contributed by atoms with Crippen molar-refractivity contribution in [2.24, 2.45) is 11.7 Å². The highest BCUT2D eigenvalue weighted by Crippen LogP contribution is 2.34. The van der Waals surface area contributed by atoms with Crippen molar-refractivity contribution in [3.63, 3.8) is 0 Å². The highest BCUT2D eigenvalue weighted by Gasteiger charge is 2.20. The highest BCUT2D eigenvalue weighted by molar-refractivity contribution is 7.13. The van der Waals surface area contributed by atoms with E-state index in [1.165, 1.54) is 11.3 Å². The first-order valence-electron chi connectivity index (χ1n) is 5.34. The van der Waals surface area contributed by atoms with Gasteiger partial charge in [0.05, 0.1) is 13.2 Å². The van der Waals surface area contributed by atoms with E-state index in [2.05, 4.69) is 10.1 Å². The summed E-state index contributed by atoms with van der Waals surface area (Å²) in [6.45, 7) is 4.04. The number of nitrogens with two attached hydrogens (primary N) is 1. The molecule has 0 aliphatic rings. The predicted octanol–water partition coefficient (Wildman–Crippen LogP) is 2.46. The maximum Gasteiger partial charge on any atom is 0.271 e. The van der Waals surface area contributed by atoms with E-state index in [1.807, 2.05) is 25.3 Å². The summed E-state index contributed by atoms with van der Waals surface area (Å²) in [6.07, 6.45) is 0. The summed E-state index contributed by atoms with van der Waals surface area (Å²) in [4.78, 5) is 5.15. The molecule has 2 heterocycles. The minimum absolute atomic E-state index is 0.210. The average Bonchev–Trinajstić information content (AvgIpc) is 2.95. The van der Waals surface area contributed by atoms with Crippen LogP contribution in [0.1, 0.15) is 25.7 Å². The molecular weight excluding hydrogens is 238 g/mol. The Labute approximate surface area is 104 Å². The summed E-state index contributed by atoms with van der Waals surface area (Å²) in [5.41, 5.74) is 5.96. The van der Waals surface area contributed by atoms with Crippen molar-refractivity contribution in [2.45, 2.75) is 19.9 Å². The Morgan fingerprint density at radius 3 is 2.88 bits per heavy atom. The molecule has 6 heteroatoms. The molecule has 2 rings (SSSR count). The van der Waals surface area contributed by atoms with Gasteiger partial charge < -0.3 is 15.0 Å². The van der Waals surface area contributed by atoms with E-state index in [0.29, 0.717) is 11.7 Å². The zero-order valence-corrected chi connectivity index (χ0v) is 10.8. The van der Waals surface area contributed by atoms with Crippen LogP contribution in [0.3, 0.4) is 0 Å². The van der Waals surface area contributed by atoms with E-state index in [4.69, 9.17) is 15.0 Å². The Kier molecular flexibility index (Phi) is 3.44. The first-order chi connectivity index (χ1) is 8.13. The molecule has 0 aromatic carbocycles. The van der Waals surface area contributed by atoms with E-state index in [9.17, 15) is 0 Å². The number of methoxy groups -OCH3 is 1. The third-order valence-corrected chi connectivity index (χ3v) is 3.39. The van der Waals surface area contributed by atoms with E-state index >= 15 is 0 Å². The molecule has 2 N–H and O–H groups in total. The quantitative estimate of drug-likeness (QED) is 0.906. The van der Waals surface area contributed by atoms with Crippen molar-refractivity contribution in [3.05, 3.63) is 17.3 Å². The predicted molar refractivity (Wildman–Crippen MR) is 65.9 cm³/mol. The maximum absolute atomic E-state index is 5.96. The van der Waals surface area contributed by atoms with Gasteiger partial charge in [-0.25, -0.2) is 0 Å². The van der Waals surface area contributed by atoms with Crippen LogP contribution in [0.25, 0.3) is 10.8 Å². The van der Waals surface area contributed by atoms with Crippen molar-refractivity contribution < 1.29 is 9.26 Å². The highest BCUT2D eigenvalue weighted by atomic mass is 32.1. The van der Waals surface area contributed by atoms with E-state index in [-0.39, 0.29) is 12.0 Å². The summed E-state index contributed by atoms with van der Waals surface area (Å²) in [6, 6.07) is 1.66. The zero-order chi connectivity index (χ0) is 12.4. The molecule has 0 saturated carbocycles. The first-order valence-corrected chi connectivity index (χ1v) is 6.22. The number of hydrogen-bond donors (Lipinski definition) is 1. The minimum Gasteiger partial charge on any atom is -0.495 e. The summed E-state index contributed by atoms with van der Waals surface area (Å²) in [5, 5.41) is 5.83. The van der Waals surface area contributed by atoms with Crippen LogP contribution in [0, 0.1) is 5.92 Å². The lowest BCUT2D eigenvalue weighted by molar-refractivity contribution is 0.394. The molecule has 1 atom stereocenters. The lowest BCUT2D eigenvalue weighted by Crippen LogP contribution is -2.18. The fourth-order valence-corrected chi connectivity index (χ4v) is 2.15. The molecule has 17 heavy (non-hydrogen) atoms. The van der Waals surface area contributed by atoms with Crippen LogP contribution in [0.4, 0.5) is 0 Å². The number of aromatic nitrogens is 2. The van der Waals surface area contributed by atoms with Gasteiger partial charge in [-0.2, -0.15) is 4.98 Å². The summed E-state index contributed by atoms with van der Waals surface area (Å²) < 4.78 is 10.4. The molecule has 0 amide bonds. The van der Waals surface area contributed by atoms with Crippen molar-refractivity contribution in [3.8, 4) is 16.5 Å². The summed E-state index contributed by atoms with van der Waals surface area (Å²) in [5.74, 6) is 2.00. The van der Waals surface area contributed by atoms with Crippen molar-refractivity contribution in [2.75, 3.05) is 7.11 Å². The number of ether oxygens (including phenoxy) is 1. The van der Waals surface area contributed by atoms with Crippen LogP contribution in [0.15, 0.2) is 16.0 Å². The molecule has 0 bridgehead atoms. The van der Waals surface area contributed by atoms with Crippen molar-refractivity contribution >= 4 is 11.3 Å². The molecule has 0 fully saturated rings. The molecule has 1 unspecified atom stereocenters. The Balaban J connectivity index is 2.30. The molecule has 2 aromatic rings. The maximum atomic E-state index is 5.96. The first kappa shape index (κ1) is 12.1. The lowest BCUT2D eigenvalue weighted by atomic mass is 10.1. The van der Waals surface area contributed by atoms with Crippen LogP contribution in [-0.2, 0) is 0 Å². The molecule has 0 saturated heterocycles. The molecule has 2 aromatic heterocycles. The van der Waals surface area contributed by atoms with Gasteiger partial charge in [-0.15, -0.1) is 11.3 Å². The van der Waals surface area contributed by atoms with Crippen molar-refractivity contribution in [1.29, 1.82) is 0 Å². The van der Waals surface area contributed by atoms with E-state index in [0.717, 1.165) is 10.6 Å². The Hall–Kier alpha value is -1.40. The summed E-state index contributed by atoms with van der Waals surface area (Å²) >= 11 is 1.50. The number of rotatable bonds is 4. The van der Waals surface area contributed by atoms with Gasteiger partial charge in [0.2, 0.25) is 0 Å². The zero-order valence-electron chi connectivity index (χ0n) is 10.0. The van der Waals surface area contributed by atoms with Crippen LogP contribution < -0.4 is 10.5 Å². The van der Waals surface area contributed by atoms with Gasteiger partial charge in [0, 0.05) is 0 Å². The average molecular weight is 253 g/mol. The molecular formula is C11H15N3O2S. The second-order valence-corrected chi connectivity index (χ2v) is 4.96. The third kappa shape index (κ3) is 2.32. The Morgan fingerprint density at radius 1 is 1.47 bits per heavy atom. The Morgan fingerprint density at radius 2 is 2.24 bits per heavy atom. The molecule has 92 valence electrons. The van der Waals surface area contributed by atoms with Crippen LogP contribution in [0.5, 0.6) is 5.75 Å². The molecule has 0 spiro atoms. The van der Waals surface area contributed by atoms with Gasteiger partial charge in [0.25, 0.3) is 5.89 Å². The normalized spacial score (nSPS) is 13.0. The van der Waals surface area contributed by atoms with Gasteiger partial charge in [-0.3, -0.25) is 0 Å². The van der Waals surface area contributed by atoms with Gasteiger partial charge in [0.1, 0.15) is 10.6 Å². The van der Waals surface area contributed by atoms with Crippen LogP contribution in [0.2, 0.25) is 0 Å². The van der Waals surface area contributed by atoms with Gasteiger partial charge in [0.15, 0.2) is 5.82 Å². The SMILES string of the molecule is COc1ccsc1-c1nc(C(N)C(C)C)no1. The van der Waals surface area contributed by atoms with E-state index < -0.39 is 0 Å². The molecule has 0 aliphatic carbocycles. The third-order valence-electron chi connectivity index (χ3n) is 2.50. The van der Waals surface area contributed by atoms with Crippen LogP contribution >= 0.6 is 11.3 Å². The monoisotopic (exact) mass is 253 g/mol. The number of thiophene rings is 1. The van der Waals surface area contributed by atoms with Gasteiger partial charge in [-0.1, -0.05) is 19.0 Å². The lowest BCUT2D eigenvalue weighted by Gasteiger charge is -2.09. The fraction of sp³-hybridized carbons (Fsp3) is 0.455. The largest absolute Gasteiger partial charge is 0.495 e. The topological polar surface area (TPSA) is 74.2 Å². The number of nitrogens with zero attached hydrogens (tertiary/aromatic N) is 2. The molecule has 5 nitrogen and oxygen atoms in total. The number of hydrogen-bond acceptors (Lipinski definition) is 6. The molecule has 0 radical (unpaired) electrons. The second-order valence-electron chi connectivity index (χ2n) is 4.05. The van der Waals surface area contributed by atoms with Crippen molar-refractivity contribution in [1.82, 2.24) is 10.1 Å². The fourth-order valence-electron chi connectivity index (χ4n) is 1.37. The smallest absolute Gasteiger partial charge is 0.271 e. The second kappa shape index (κ2) is 4.85. The van der Waals surface area contributed by atoms with E-state index in [1.54, 1.807) is 7.11 Å². The minimum atomic E-state index is -0.210. The molecule has 0 aliphatic heterocycles. The van der Waals surface area contributed by atoms with Gasteiger partial charge >= 0.3 is 0 Å².